The Labute approximate surface area is 126 Å². The lowest BCUT2D eigenvalue weighted by Crippen LogP contribution is -2.33. The zero-order valence-corrected chi connectivity index (χ0v) is 12.8. The maximum absolute atomic E-state index is 12.2. The molecule has 2 heterocycles. The maximum atomic E-state index is 12.2. The molecule has 2 aromatic rings. The Morgan fingerprint density at radius 3 is 3.00 bits per heavy atom. The molecule has 2 rings (SSSR count). The number of carbonyl (C=O) groups excluding carboxylic acids is 1. The van der Waals surface area contributed by atoms with Crippen LogP contribution < -0.4 is 11.1 Å². The second kappa shape index (κ2) is 7.25. The van der Waals surface area contributed by atoms with Crippen molar-refractivity contribution in [2.24, 2.45) is 5.73 Å². The number of hydrogen-bond donors (Lipinski definition) is 2. The van der Waals surface area contributed by atoms with Gasteiger partial charge in [0.15, 0.2) is 0 Å². The molecule has 0 aliphatic carbocycles. The van der Waals surface area contributed by atoms with Crippen molar-refractivity contribution in [1.82, 2.24) is 5.32 Å². The molecule has 2 aromatic heterocycles. The molecule has 20 heavy (non-hydrogen) atoms. The fourth-order valence-electron chi connectivity index (χ4n) is 1.83. The summed E-state index contributed by atoms with van der Waals surface area (Å²) in [7, 11) is 0. The fourth-order valence-corrected chi connectivity index (χ4v) is 3.27. The Kier molecular flexibility index (Phi) is 5.36. The predicted octanol–water partition coefficient (Wildman–Crippen LogP) is 2.48. The normalized spacial score (nSPS) is 11.5. The van der Waals surface area contributed by atoms with Gasteiger partial charge in [0.2, 0.25) is 0 Å². The van der Waals surface area contributed by atoms with Crippen LogP contribution in [0, 0.1) is 11.8 Å². The van der Waals surface area contributed by atoms with Gasteiger partial charge in [-0.1, -0.05) is 11.8 Å². The molecule has 0 fully saturated rings. The Morgan fingerprint density at radius 2 is 2.30 bits per heavy atom. The van der Waals surface area contributed by atoms with E-state index in [0.29, 0.717) is 11.4 Å². The first kappa shape index (κ1) is 14.8. The Hall–Kier alpha value is -1.61. The molecule has 1 atom stereocenters. The third-order valence-corrected chi connectivity index (χ3v) is 4.34. The number of nitrogens with two attached hydrogens (primary N) is 1. The number of nitrogens with one attached hydrogen (secondary N) is 1. The zero-order valence-electron chi connectivity index (χ0n) is 11.2. The number of thiophene rings is 2. The van der Waals surface area contributed by atoms with Crippen LogP contribution >= 0.6 is 22.7 Å². The second-order valence-corrected chi connectivity index (χ2v) is 6.08. The lowest BCUT2D eigenvalue weighted by Gasteiger charge is -2.12. The highest BCUT2D eigenvalue weighted by atomic mass is 32.1. The second-order valence-electron chi connectivity index (χ2n) is 4.38. The van der Waals surface area contributed by atoms with Gasteiger partial charge >= 0.3 is 0 Å². The molecule has 3 nitrogen and oxygen atoms in total. The highest BCUT2D eigenvalue weighted by Gasteiger charge is 2.14. The highest BCUT2D eigenvalue weighted by Crippen LogP contribution is 2.16. The summed E-state index contributed by atoms with van der Waals surface area (Å²) in [6, 6.07) is 4.03. The average Bonchev–Trinajstić information content (AvgIpc) is 3.06. The van der Waals surface area contributed by atoms with E-state index in [2.05, 4.69) is 28.6 Å². The number of hydrogen-bond acceptors (Lipinski definition) is 4. The van der Waals surface area contributed by atoms with E-state index in [9.17, 15) is 4.79 Å². The minimum Gasteiger partial charge on any atom is -0.349 e. The molecule has 0 aliphatic rings. The van der Waals surface area contributed by atoms with Gasteiger partial charge in [0.05, 0.1) is 6.54 Å². The van der Waals surface area contributed by atoms with Gasteiger partial charge in [-0.25, -0.2) is 0 Å². The molecular weight excluding hydrogens is 288 g/mol. The van der Waals surface area contributed by atoms with Gasteiger partial charge in [0.25, 0.3) is 5.91 Å². The standard InChI is InChI=1S/C15H16N2OS2/c1-11(9-12-4-7-19-10-12)17-15(18)14-13(3-2-6-16)5-8-20-14/h4-5,7-8,10-11H,6,9,16H2,1H3,(H,17,18). The summed E-state index contributed by atoms with van der Waals surface area (Å²) >= 11 is 3.07. The molecular formula is C15H16N2OS2. The van der Waals surface area contributed by atoms with Crippen LogP contribution in [0.5, 0.6) is 0 Å². The lowest BCUT2D eigenvalue weighted by atomic mass is 10.1. The third kappa shape index (κ3) is 3.94. The van der Waals surface area contributed by atoms with Crippen LogP contribution in [-0.2, 0) is 6.42 Å². The molecule has 104 valence electrons. The van der Waals surface area contributed by atoms with E-state index in [1.807, 2.05) is 23.8 Å². The minimum absolute atomic E-state index is 0.0657. The number of carbonyl (C=O) groups is 1. The van der Waals surface area contributed by atoms with Gasteiger partial charge in [-0.3, -0.25) is 4.79 Å². The summed E-state index contributed by atoms with van der Waals surface area (Å²) in [6.45, 7) is 2.31. The Bertz CT molecular complexity index is 620. The van der Waals surface area contributed by atoms with E-state index in [-0.39, 0.29) is 11.9 Å². The van der Waals surface area contributed by atoms with Crippen molar-refractivity contribution in [1.29, 1.82) is 0 Å². The van der Waals surface area contributed by atoms with Crippen LogP contribution in [0.4, 0.5) is 0 Å². The molecule has 0 aliphatic heterocycles. The predicted molar refractivity (Wildman–Crippen MR) is 85.2 cm³/mol. The first-order valence-electron chi connectivity index (χ1n) is 6.29. The molecule has 0 saturated heterocycles. The van der Waals surface area contributed by atoms with E-state index < -0.39 is 0 Å². The van der Waals surface area contributed by atoms with Gasteiger partial charge < -0.3 is 11.1 Å². The number of rotatable bonds is 4. The van der Waals surface area contributed by atoms with Crippen LogP contribution in [0.1, 0.15) is 27.7 Å². The molecule has 0 bridgehead atoms. The summed E-state index contributed by atoms with van der Waals surface area (Å²) in [5.41, 5.74) is 7.36. The molecule has 0 saturated carbocycles. The molecule has 5 heteroatoms. The van der Waals surface area contributed by atoms with Crippen molar-refractivity contribution in [3.05, 3.63) is 44.3 Å². The zero-order chi connectivity index (χ0) is 14.4. The Morgan fingerprint density at radius 1 is 1.45 bits per heavy atom. The first-order chi connectivity index (χ1) is 9.70. The first-order valence-corrected chi connectivity index (χ1v) is 8.11. The van der Waals surface area contributed by atoms with Gasteiger partial charge in [0.1, 0.15) is 4.88 Å². The van der Waals surface area contributed by atoms with E-state index in [1.54, 1.807) is 11.3 Å². The van der Waals surface area contributed by atoms with Crippen molar-refractivity contribution in [2.75, 3.05) is 6.54 Å². The lowest BCUT2D eigenvalue weighted by molar-refractivity contribution is 0.0944. The molecule has 1 unspecified atom stereocenters. The van der Waals surface area contributed by atoms with Crippen molar-refractivity contribution in [3.8, 4) is 11.8 Å². The summed E-state index contributed by atoms with van der Waals surface area (Å²) in [4.78, 5) is 12.9. The van der Waals surface area contributed by atoms with Gasteiger partial charge in [0, 0.05) is 11.6 Å². The van der Waals surface area contributed by atoms with Crippen LogP contribution in [0.3, 0.4) is 0 Å². The van der Waals surface area contributed by atoms with Gasteiger partial charge in [-0.05, 0) is 47.2 Å². The van der Waals surface area contributed by atoms with Crippen LogP contribution in [-0.4, -0.2) is 18.5 Å². The molecule has 1 amide bonds. The molecule has 0 radical (unpaired) electrons. The number of amides is 1. The summed E-state index contributed by atoms with van der Waals surface area (Å²) in [6.07, 6.45) is 0.838. The summed E-state index contributed by atoms with van der Waals surface area (Å²) in [5.74, 6) is 5.64. The van der Waals surface area contributed by atoms with Gasteiger partial charge in [-0.2, -0.15) is 11.3 Å². The summed E-state index contributed by atoms with van der Waals surface area (Å²) < 4.78 is 0. The van der Waals surface area contributed by atoms with Crippen molar-refractivity contribution >= 4 is 28.6 Å². The Balaban J connectivity index is 1.99. The van der Waals surface area contributed by atoms with Crippen molar-refractivity contribution in [3.63, 3.8) is 0 Å². The van der Waals surface area contributed by atoms with Crippen LogP contribution in [0.25, 0.3) is 0 Å². The van der Waals surface area contributed by atoms with Crippen molar-refractivity contribution in [2.45, 2.75) is 19.4 Å². The van der Waals surface area contributed by atoms with Crippen LogP contribution in [0.15, 0.2) is 28.3 Å². The van der Waals surface area contributed by atoms with Gasteiger partial charge in [-0.15, -0.1) is 11.3 Å². The van der Waals surface area contributed by atoms with E-state index in [0.717, 1.165) is 12.0 Å². The summed E-state index contributed by atoms with van der Waals surface area (Å²) in [5, 5.41) is 9.04. The topological polar surface area (TPSA) is 55.1 Å². The molecule has 3 N–H and O–H groups in total. The van der Waals surface area contributed by atoms with E-state index >= 15 is 0 Å². The monoisotopic (exact) mass is 304 g/mol. The molecule has 0 aromatic carbocycles. The SMILES string of the molecule is CC(Cc1ccsc1)NC(=O)c1sccc1C#CCN. The maximum Gasteiger partial charge on any atom is 0.262 e. The minimum atomic E-state index is -0.0657. The third-order valence-electron chi connectivity index (χ3n) is 2.70. The quantitative estimate of drug-likeness (QED) is 0.853. The van der Waals surface area contributed by atoms with Crippen LogP contribution in [0.2, 0.25) is 0 Å². The van der Waals surface area contributed by atoms with E-state index in [4.69, 9.17) is 5.73 Å². The smallest absolute Gasteiger partial charge is 0.262 e. The fraction of sp³-hybridized carbons (Fsp3) is 0.267. The van der Waals surface area contributed by atoms with Crippen molar-refractivity contribution < 1.29 is 4.79 Å². The molecule has 0 spiro atoms. The highest BCUT2D eigenvalue weighted by molar-refractivity contribution is 7.12. The largest absolute Gasteiger partial charge is 0.349 e. The average molecular weight is 304 g/mol. The van der Waals surface area contributed by atoms with E-state index in [1.165, 1.54) is 16.9 Å².